The van der Waals surface area contributed by atoms with Crippen LogP contribution in [-0.4, -0.2) is 82.6 Å². The average molecular weight is 486 g/mol. The van der Waals surface area contributed by atoms with E-state index in [9.17, 15) is 39.7 Å². The minimum Gasteiger partial charge on any atom is -0.508 e. The van der Waals surface area contributed by atoms with E-state index in [-0.39, 0.29) is 29.7 Å². The number of hydrogen-bond donors (Lipinski definition) is 5. The van der Waals surface area contributed by atoms with Crippen LogP contribution in [0.5, 0.6) is 5.75 Å². The number of benzene rings is 1. The normalized spacial score (nSPS) is 28.0. The van der Waals surface area contributed by atoms with Crippen LogP contribution in [0.2, 0.25) is 0 Å². The lowest BCUT2D eigenvalue weighted by atomic mass is 9.57. The van der Waals surface area contributed by atoms with Crippen LogP contribution in [0.4, 0.5) is 11.4 Å². The van der Waals surface area contributed by atoms with Gasteiger partial charge in [0, 0.05) is 31.3 Å². The largest absolute Gasteiger partial charge is 0.508 e. The number of aliphatic hydroxyl groups excluding tert-OH is 2. The van der Waals surface area contributed by atoms with Crippen LogP contribution in [0.1, 0.15) is 17.5 Å². The third kappa shape index (κ3) is 3.09. The standard InChI is InChI=1S/C23H26N4O8/c1-26(2)12-7-11(25-35)17(28)14-9(12)5-8-6-10-16(27(3)4)19(30)15(22(24)33)21(32)23(10,34)20(31)13(8)18(14)29/h7-8,10,16,28-29,32,34H,5-6H2,1-4H3,(H2,24,33)/t8-,10-,16-,23-/m0/s1. The number of carbonyl (C=O) groups is 3. The van der Waals surface area contributed by atoms with Crippen LogP contribution in [0.15, 0.2) is 28.1 Å². The molecule has 1 amide bonds. The summed E-state index contributed by atoms with van der Waals surface area (Å²) in [6.07, 6.45) is 0.0990. The summed E-state index contributed by atoms with van der Waals surface area (Å²) in [6.45, 7) is 0. The second-order valence-electron chi connectivity index (χ2n) is 9.56. The zero-order valence-electron chi connectivity index (χ0n) is 19.6. The maximum atomic E-state index is 13.8. The summed E-state index contributed by atoms with van der Waals surface area (Å²) in [5.74, 6) is -7.56. The molecule has 1 aromatic rings. The highest BCUT2D eigenvalue weighted by molar-refractivity contribution is 6.24. The molecule has 0 saturated heterocycles. The van der Waals surface area contributed by atoms with E-state index in [0.29, 0.717) is 11.3 Å². The Labute approximate surface area is 199 Å². The summed E-state index contributed by atoms with van der Waals surface area (Å²) in [6, 6.07) is 0.205. The predicted octanol–water partition coefficient (Wildman–Crippen LogP) is 0.428. The number of aromatic hydroxyl groups is 1. The Bertz CT molecular complexity index is 1260. The molecule has 1 fully saturated rings. The summed E-state index contributed by atoms with van der Waals surface area (Å²) in [4.78, 5) is 53.2. The maximum absolute atomic E-state index is 13.8. The van der Waals surface area contributed by atoms with Gasteiger partial charge in [-0.2, -0.15) is 0 Å². The van der Waals surface area contributed by atoms with Crippen LogP contribution in [-0.2, 0) is 20.8 Å². The fraction of sp³-hybridized carbons (Fsp3) is 0.435. The minimum atomic E-state index is -2.72. The average Bonchev–Trinajstić information content (AvgIpc) is 2.75. The molecule has 4 rings (SSSR count). The van der Waals surface area contributed by atoms with Crippen LogP contribution < -0.4 is 10.6 Å². The number of phenols is 1. The molecule has 1 saturated carbocycles. The molecule has 3 aliphatic rings. The van der Waals surface area contributed by atoms with Gasteiger partial charge in [-0.1, -0.05) is 0 Å². The van der Waals surface area contributed by atoms with Crippen molar-refractivity contribution in [1.29, 1.82) is 0 Å². The number of carbonyl (C=O) groups excluding carboxylic acids is 3. The van der Waals surface area contributed by atoms with Gasteiger partial charge in [-0.3, -0.25) is 19.3 Å². The number of nitrogens with zero attached hydrogens (tertiary/aromatic N) is 3. The number of anilines is 1. The molecule has 12 nitrogen and oxygen atoms in total. The Morgan fingerprint density at radius 1 is 1.17 bits per heavy atom. The van der Waals surface area contributed by atoms with E-state index in [1.165, 1.54) is 25.1 Å². The van der Waals surface area contributed by atoms with Gasteiger partial charge in [0.05, 0.1) is 11.6 Å². The Balaban J connectivity index is 2.02. The number of hydrogen-bond acceptors (Lipinski definition) is 11. The van der Waals surface area contributed by atoms with Gasteiger partial charge in [0.1, 0.15) is 17.1 Å². The van der Waals surface area contributed by atoms with Gasteiger partial charge in [-0.25, -0.2) is 0 Å². The van der Waals surface area contributed by atoms with E-state index >= 15 is 0 Å². The number of likely N-dealkylation sites (N-methyl/N-ethyl adjacent to an activating group) is 1. The topological polar surface area (TPSA) is 194 Å². The molecular weight excluding hydrogens is 460 g/mol. The number of primary amides is 1. The number of Topliss-reactive ketones (excluding diaryl/α,β-unsaturated/α-hetero) is 2. The molecule has 0 heterocycles. The van der Waals surface area contributed by atoms with Crippen LogP contribution in [0.3, 0.4) is 0 Å². The number of phenolic OH excluding ortho intramolecular Hbond substituents is 1. The number of ketones is 2. The molecule has 1 aromatic carbocycles. The minimum absolute atomic E-state index is 0.0208. The second kappa shape index (κ2) is 7.89. The zero-order chi connectivity index (χ0) is 26.1. The molecule has 0 bridgehead atoms. The molecule has 12 heteroatoms. The Morgan fingerprint density at radius 2 is 1.80 bits per heavy atom. The monoisotopic (exact) mass is 486 g/mol. The molecule has 0 aromatic heterocycles. The van der Waals surface area contributed by atoms with Crippen LogP contribution in [0, 0.1) is 16.7 Å². The fourth-order valence-electron chi connectivity index (χ4n) is 5.75. The van der Waals surface area contributed by atoms with Crippen molar-refractivity contribution in [2.24, 2.45) is 22.7 Å². The molecule has 4 atom stereocenters. The second-order valence-corrected chi connectivity index (χ2v) is 9.56. The summed E-state index contributed by atoms with van der Waals surface area (Å²) >= 11 is 0. The number of aliphatic hydroxyl groups is 3. The molecule has 186 valence electrons. The SMILES string of the molecule is CN(C)c1cc(N=O)c(O)c2c1C[C@H]1C[C@H]3[C@H](N(C)C)C(=O)C(C(N)=O)=C(O)[C@@]3(O)C(=O)C1=C2O. The molecular formula is C23H26N4O8. The number of nitroso groups, excluding NO2 is 1. The number of nitrogens with two attached hydrogens (primary N) is 1. The van der Waals surface area contributed by atoms with Crippen molar-refractivity contribution in [3.63, 3.8) is 0 Å². The summed E-state index contributed by atoms with van der Waals surface area (Å²) in [5, 5.41) is 47.0. The van der Waals surface area contributed by atoms with Crippen molar-refractivity contribution in [1.82, 2.24) is 4.90 Å². The van der Waals surface area contributed by atoms with Gasteiger partial charge in [0.15, 0.2) is 22.8 Å². The lowest BCUT2D eigenvalue weighted by molar-refractivity contribution is -0.153. The van der Waals surface area contributed by atoms with E-state index in [1.54, 1.807) is 19.0 Å². The van der Waals surface area contributed by atoms with Crippen molar-refractivity contribution >= 4 is 34.6 Å². The van der Waals surface area contributed by atoms with E-state index < -0.39 is 63.8 Å². The third-order valence-corrected chi connectivity index (χ3v) is 7.26. The molecule has 0 unspecified atom stereocenters. The molecule has 35 heavy (non-hydrogen) atoms. The van der Waals surface area contributed by atoms with Crippen molar-refractivity contribution in [3.05, 3.63) is 39.0 Å². The van der Waals surface area contributed by atoms with Crippen molar-refractivity contribution in [2.45, 2.75) is 24.5 Å². The molecule has 6 N–H and O–H groups in total. The highest BCUT2D eigenvalue weighted by atomic mass is 16.3. The van der Waals surface area contributed by atoms with Gasteiger partial charge < -0.3 is 31.1 Å². The lowest BCUT2D eigenvalue weighted by Gasteiger charge is -2.50. The summed E-state index contributed by atoms with van der Waals surface area (Å²) in [5.41, 5.74) is 1.81. The van der Waals surface area contributed by atoms with Gasteiger partial charge in [-0.15, -0.1) is 4.91 Å². The van der Waals surface area contributed by atoms with E-state index in [4.69, 9.17) is 5.73 Å². The molecule has 0 spiro atoms. The van der Waals surface area contributed by atoms with E-state index in [2.05, 4.69) is 5.18 Å². The highest BCUT2D eigenvalue weighted by Gasteiger charge is 2.64. The van der Waals surface area contributed by atoms with Crippen LogP contribution >= 0.6 is 0 Å². The molecule has 0 radical (unpaired) electrons. The molecule has 3 aliphatic carbocycles. The van der Waals surface area contributed by atoms with Gasteiger partial charge in [0.2, 0.25) is 5.78 Å². The Morgan fingerprint density at radius 3 is 2.31 bits per heavy atom. The first-order valence-electron chi connectivity index (χ1n) is 10.8. The third-order valence-electron chi connectivity index (χ3n) is 7.26. The molecule has 0 aliphatic heterocycles. The number of fused-ring (bicyclic) bond motifs is 3. The van der Waals surface area contributed by atoms with Gasteiger partial charge in [-0.05, 0) is 49.7 Å². The first kappa shape index (κ1) is 24.4. The quantitative estimate of drug-likeness (QED) is 0.294. The maximum Gasteiger partial charge on any atom is 0.255 e. The van der Waals surface area contributed by atoms with Crippen molar-refractivity contribution in [2.75, 3.05) is 33.1 Å². The van der Waals surface area contributed by atoms with Crippen molar-refractivity contribution < 1.29 is 34.8 Å². The summed E-state index contributed by atoms with van der Waals surface area (Å²) < 4.78 is 0. The number of amides is 1. The van der Waals surface area contributed by atoms with Gasteiger partial charge >= 0.3 is 0 Å². The van der Waals surface area contributed by atoms with Crippen LogP contribution in [0.25, 0.3) is 5.76 Å². The highest BCUT2D eigenvalue weighted by Crippen LogP contribution is 2.54. The van der Waals surface area contributed by atoms with Gasteiger partial charge in [0.25, 0.3) is 5.91 Å². The van der Waals surface area contributed by atoms with E-state index in [0.717, 1.165) is 0 Å². The zero-order valence-corrected chi connectivity index (χ0v) is 19.6. The van der Waals surface area contributed by atoms with Crippen molar-refractivity contribution in [3.8, 4) is 5.75 Å². The summed E-state index contributed by atoms with van der Waals surface area (Å²) in [7, 11) is 6.45. The smallest absolute Gasteiger partial charge is 0.255 e. The Hall–Kier alpha value is -3.77. The fourth-order valence-corrected chi connectivity index (χ4v) is 5.75. The first-order valence-corrected chi connectivity index (χ1v) is 10.8. The Kier molecular flexibility index (Phi) is 5.49. The predicted molar refractivity (Wildman–Crippen MR) is 124 cm³/mol. The first-order chi connectivity index (χ1) is 16.3. The number of rotatable bonds is 4. The lowest BCUT2D eigenvalue weighted by Crippen LogP contribution is -2.65. The van der Waals surface area contributed by atoms with E-state index in [1.807, 2.05) is 0 Å².